The van der Waals surface area contributed by atoms with E-state index in [2.05, 4.69) is 24.3 Å². The zero-order valence-electron chi connectivity index (χ0n) is 12.1. The summed E-state index contributed by atoms with van der Waals surface area (Å²) in [5.41, 5.74) is 5.62. The molecule has 0 aromatic heterocycles. The van der Waals surface area contributed by atoms with Crippen molar-refractivity contribution >= 4 is 11.9 Å². The van der Waals surface area contributed by atoms with Gasteiger partial charge in [-0.1, -0.05) is 36.4 Å². The fourth-order valence-corrected chi connectivity index (χ4v) is 2.75. The number of carbonyl (C=O) groups is 1. The largest absolute Gasteiger partial charge is 0.489 e. The van der Waals surface area contributed by atoms with Crippen molar-refractivity contribution in [3.63, 3.8) is 0 Å². The summed E-state index contributed by atoms with van der Waals surface area (Å²) in [4.78, 5) is 11.0. The number of rotatable bonds is 4. The number of hydrogen-bond donors (Lipinski definition) is 0. The summed E-state index contributed by atoms with van der Waals surface area (Å²) in [6, 6.07) is 16.3. The third-order valence-electron chi connectivity index (χ3n) is 4.02. The highest BCUT2D eigenvalue weighted by Gasteiger charge is 2.16. The zero-order valence-corrected chi connectivity index (χ0v) is 12.1. The van der Waals surface area contributed by atoms with Crippen LogP contribution in [0.5, 0.6) is 5.75 Å². The molecule has 0 radical (unpaired) electrons. The Morgan fingerprint density at radius 2 is 1.90 bits per heavy atom. The van der Waals surface area contributed by atoms with Crippen LogP contribution in [0, 0.1) is 0 Å². The third-order valence-corrected chi connectivity index (χ3v) is 4.02. The zero-order chi connectivity index (χ0) is 14.7. The van der Waals surface area contributed by atoms with E-state index in [1.807, 2.05) is 31.2 Å². The fourth-order valence-electron chi connectivity index (χ4n) is 2.75. The van der Waals surface area contributed by atoms with Crippen LogP contribution in [0.4, 0.5) is 0 Å². The van der Waals surface area contributed by atoms with E-state index in [-0.39, 0.29) is 0 Å². The SMILES string of the molecule is CC1=C(C=O)CCc2cc(OCc3ccccc3)ccc21. The predicted molar refractivity (Wildman–Crippen MR) is 84.2 cm³/mol. The van der Waals surface area contributed by atoms with Gasteiger partial charge in [-0.05, 0) is 59.7 Å². The quantitative estimate of drug-likeness (QED) is 0.784. The van der Waals surface area contributed by atoms with Crippen LogP contribution in [0.1, 0.15) is 30.0 Å². The maximum atomic E-state index is 11.0. The highest BCUT2D eigenvalue weighted by atomic mass is 16.5. The molecule has 2 aromatic rings. The molecular weight excluding hydrogens is 260 g/mol. The molecule has 2 nitrogen and oxygen atoms in total. The van der Waals surface area contributed by atoms with Crippen LogP contribution in [0.3, 0.4) is 0 Å². The van der Waals surface area contributed by atoms with Gasteiger partial charge in [0, 0.05) is 0 Å². The standard InChI is InChI=1S/C19H18O2/c1-14-17(12-20)8-7-16-11-18(9-10-19(14)16)21-13-15-5-3-2-4-6-15/h2-6,9-12H,7-8,13H2,1H3. The van der Waals surface area contributed by atoms with Gasteiger partial charge in [-0.25, -0.2) is 0 Å². The first-order chi connectivity index (χ1) is 10.3. The van der Waals surface area contributed by atoms with Crippen LogP contribution in [0.25, 0.3) is 5.57 Å². The minimum Gasteiger partial charge on any atom is -0.489 e. The molecule has 0 fully saturated rings. The van der Waals surface area contributed by atoms with Gasteiger partial charge in [0.25, 0.3) is 0 Å². The van der Waals surface area contributed by atoms with Crippen LogP contribution in [-0.4, -0.2) is 6.29 Å². The number of aldehydes is 1. The minimum atomic E-state index is 0.577. The van der Waals surface area contributed by atoms with Crippen LogP contribution in [0.2, 0.25) is 0 Å². The second kappa shape index (κ2) is 5.96. The summed E-state index contributed by atoms with van der Waals surface area (Å²) in [6.07, 6.45) is 2.71. The Kier molecular flexibility index (Phi) is 3.87. The van der Waals surface area contributed by atoms with Crippen molar-refractivity contribution in [2.45, 2.75) is 26.4 Å². The molecule has 0 atom stereocenters. The minimum absolute atomic E-state index is 0.577. The van der Waals surface area contributed by atoms with Crippen molar-refractivity contribution in [1.29, 1.82) is 0 Å². The van der Waals surface area contributed by atoms with E-state index in [9.17, 15) is 4.79 Å². The maximum absolute atomic E-state index is 11.0. The van der Waals surface area contributed by atoms with Gasteiger partial charge in [0.2, 0.25) is 0 Å². The Labute approximate surface area is 125 Å². The lowest BCUT2D eigenvalue weighted by Gasteiger charge is -2.19. The second-order valence-corrected chi connectivity index (χ2v) is 5.36. The van der Waals surface area contributed by atoms with Crippen molar-refractivity contribution in [2.75, 3.05) is 0 Å². The van der Waals surface area contributed by atoms with Crippen molar-refractivity contribution in [1.82, 2.24) is 0 Å². The van der Waals surface area contributed by atoms with Crippen molar-refractivity contribution in [3.8, 4) is 5.75 Å². The number of carbonyl (C=O) groups excluding carboxylic acids is 1. The van der Waals surface area contributed by atoms with E-state index in [1.165, 1.54) is 11.1 Å². The molecule has 0 amide bonds. The van der Waals surface area contributed by atoms with E-state index in [1.54, 1.807) is 0 Å². The van der Waals surface area contributed by atoms with Gasteiger partial charge < -0.3 is 4.74 Å². The number of aryl methyl sites for hydroxylation is 1. The van der Waals surface area contributed by atoms with Crippen LogP contribution >= 0.6 is 0 Å². The number of fused-ring (bicyclic) bond motifs is 1. The van der Waals surface area contributed by atoms with Crippen molar-refractivity contribution in [3.05, 3.63) is 70.8 Å². The molecule has 21 heavy (non-hydrogen) atoms. The third kappa shape index (κ3) is 2.89. The van der Waals surface area contributed by atoms with Gasteiger partial charge in [0.05, 0.1) is 0 Å². The van der Waals surface area contributed by atoms with E-state index >= 15 is 0 Å². The Morgan fingerprint density at radius 1 is 1.10 bits per heavy atom. The van der Waals surface area contributed by atoms with E-state index in [4.69, 9.17) is 4.74 Å². The molecule has 0 spiro atoms. The Bertz CT molecular complexity index is 684. The number of allylic oxidation sites excluding steroid dienone is 2. The fraction of sp³-hybridized carbons (Fsp3) is 0.211. The molecule has 0 bridgehead atoms. The highest BCUT2D eigenvalue weighted by molar-refractivity contribution is 5.89. The Hall–Kier alpha value is -2.35. The van der Waals surface area contributed by atoms with Crippen LogP contribution < -0.4 is 4.74 Å². The lowest BCUT2D eigenvalue weighted by Crippen LogP contribution is -2.05. The first kappa shape index (κ1) is 13.6. The first-order valence-electron chi connectivity index (χ1n) is 7.23. The molecule has 3 rings (SSSR count). The van der Waals surface area contributed by atoms with Gasteiger partial charge in [-0.3, -0.25) is 4.79 Å². The molecule has 1 aliphatic carbocycles. The molecule has 0 aliphatic heterocycles. The molecule has 0 unspecified atom stereocenters. The molecule has 2 heteroatoms. The highest BCUT2D eigenvalue weighted by Crippen LogP contribution is 2.32. The average molecular weight is 278 g/mol. The summed E-state index contributed by atoms with van der Waals surface area (Å²) in [5.74, 6) is 0.889. The van der Waals surface area contributed by atoms with E-state index in [0.29, 0.717) is 6.61 Å². The maximum Gasteiger partial charge on any atom is 0.146 e. The van der Waals surface area contributed by atoms with Crippen molar-refractivity contribution in [2.24, 2.45) is 0 Å². The monoisotopic (exact) mass is 278 g/mol. The van der Waals surface area contributed by atoms with E-state index in [0.717, 1.165) is 41.6 Å². The Balaban J connectivity index is 1.78. The number of ether oxygens (including phenoxy) is 1. The summed E-state index contributed by atoms with van der Waals surface area (Å²) < 4.78 is 5.86. The topological polar surface area (TPSA) is 26.3 Å². The smallest absolute Gasteiger partial charge is 0.146 e. The van der Waals surface area contributed by atoms with Gasteiger partial charge in [0.1, 0.15) is 18.6 Å². The Morgan fingerprint density at radius 3 is 2.67 bits per heavy atom. The van der Waals surface area contributed by atoms with Crippen LogP contribution in [-0.2, 0) is 17.8 Å². The molecule has 2 aromatic carbocycles. The van der Waals surface area contributed by atoms with Gasteiger partial charge in [-0.2, -0.15) is 0 Å². The molecule has 0 N–H and O–H groups in total. The number of hydrogen-bond acceptors (Lipinski definition) is 2. The first-order valence-corrected chi connectivity index (χ1v) is 7.23. The van der Waals surface area contributed by atoms with Gasteiger partial charge >= 0.3 is 0 Å². The summed E-state index contributed by atoms with van der Waals surface area (Å²) in [6.45, 7) is 2.60. The lowest BCUT2D eigenvalue weighted by atomic mass is 9.87. The molecule has 0 saturated carbocycles. The normalized spacial score (nSPS) is 13.8. The van der Waals surface area contributed by atoms with E-state index < -0.39 is 0 Å². The summed E-state index contributed by atoms with van der Waals surface area (Å²) in [7, 11) is 0. The molecular formula is C19H18O2. The average Bonchev–Trinajstić information content (AvgIpc) is 2.54. The van der Waals surface area contributed by atoms with Gasteiger partial charge in [-0.15, -0.1) is 0 Å². The lowest BCUT2D eigenvalue weighted by molar-refractivity contribution is -0.105. The molecule has 106 valence electrons. The molecule has 1 aliphatic rings. The van der Waals surface area contributed by atoms with Crippen LogP contribution in [0.15, 0.2) is 54.1 Å². The molecule has 0 saturated heterocycles. The summed E-state index contributed by atoms with van der Waals surface area (Å²) >= 11 is 0. The van der Waals surface area contributed by atoms with Crippen molar-refractivity contribution < 1.29 is 9.53 Å². The second-order valence-electron chi connectivity index (χ2n) is 5.36. The number of benzene rings is 2. The molecule has 0 heterocycles. The van der Waals surface area contributed by atoms with Gasteiger partial charge in [0.15, 0.2) is 0 Å². The predicted octanol–water partition coefficient (Wildman–Crippen LogP) is 4.18. The summed E-state index contributed by atoms with van der Waals surface area (Å²) in [5, 5.41) is 0.